The Hall–Kier alpha value is -2.25. The molecular formula is C20H24N4O2S. The number of imidazole rings is 1. The minimum absolute atomic E-state index is 0.0818. The molecule has 3 aromatic rings. The number of benzene rings is 1. The van der Waals surface area contributed by atoms with Gasteiger partial charge >= 0.3 is 0 Å². The molecule has 7 heteroatoms. The van der Waals surface area contributed by atoms with Crippen LogP contribution in [0.1, 0.15) is 37.1 Å². The van der Waals surface area contributed by atoms with Gasteiger partial charge in [0.05, 0.1) is 4.90 Å². The predicted octanol–water partition coefficient (Wildman–Crippen LogP) is 3.10. The number of sulfonamides is 1. The molecule has 1 aliphatic heterocycles. The molecule has 1 saturated heterocycles. The minimum Gasteiger partial charge on any atom is -0.316 e. The lowest BCUT2D eigenvalue weighted by molar-refractivity contribution is 0.470. The maximum Gasteiger partial charge on any atom is 0.243 e. The highest BCUT2D eigenvalue weighted by molar-refractivity contribution is 7.89. The molecule has 1 fully saturated rings. The van der Waals surface area contributed by atoms with Gasteiger partial charge in [0.25, 0.3) is 0 Å². The molecule has 0 aliphatic carbocycles. The summed E-state index contributed by atoms with van der Waals surface area (Å²) in [6, 6.07) is 11.1. The summed E-state index contributed by atoms with van der Waals surface area (Å²) in [5.74, 6) is 0.984. The lowest BCUT2D eigenvalue weighted by Crippen LogP contribution is -2.29. The molecule has 4 rings (SSSR count). The fourth-order valence-corrected chi connectivity index (χ4v) is 5.33. The van der Waals surface area contributed by atoms with E-state index in [2.05, 4.69) is 11.9 Å². The van der Waals surface area contributed by atoms with Crippen molar-refractivity contribution in [2.45, 2.75) is 37.0 Å². The number of aromatic nitrogens is 3. The number of nitrogens with zero attached hydrogens (tertiary/aromatic N) is 4. The van der Waals surface area contributed by atoms with Crippen LogP contribution in [-0.2, 0) is 23.5 Å². The Balaban J connectivity index is 1.56. The topological polar surface area (TPSA) is 68.1 Å². The quantitative estimate of drug-likeness (QED) is 0.678. The van der Waals surface area contributed by atoms with Gasteiger partial charge in [0.15, 0.2) is 5.65 Å². The summed E-state index contributed by atoms with van der Waals surface area (Å²) in [5, 5.41) is 0. The SMILES string of the molecule is CCCc1ccc(S(=O)(=O)N2CC[C@@H](c3nc4cccnc4n3C)C2)cc1. The maximum atomic E-state index is 13.0. The summed E-state index contributed by atoms with van der Waals surface area (Å²) in [6.45, 7) is 3.09. The van der Waals surface area contributed by atoms with Crippen molar-refractivity contribution >= 4 is 21.2 Å². The Morgan fingerprint density at radius 3 is 2.67 bits per heavy atom. The molecule has 142 valence electrons. The molecular weight excluding hydrogens is 360 g/mol. The van der Waals surface area contributed by atoms with Crippen LogP contribution in [0.2, 0.25) is 0 Å². The van der Waals surface area contributed by atoms with Gasteiger partial charge in [-0.05, 0) is 42.7 Å². The first-order valence-corrected chi connectivity index (χ1v) is 10.8. The Labute approximate surface area is 159 Å². The van der Waals surface area contributed by atoms with Gasteiger partial charge in [-0.15, -0.1) is 0 Å². The molecule has 0 saturated carbocycles. The zero-order valence-electron chi connectivity index (χ0n) is 15.7. The van der Waals surface area contributed by atoms with Gasteiger partial charge in [0, 0.05) is 32.3 Å². The van der Waals surface area contributed by atoms with Crippen molar-refractivity contribution in [2.24, 2.45) is 7.05 Å². The fourth-order valence-electron chi connectivity index (χ4n) is 3.83. The summed E-state index contributed by atoms with van der Waals surface area (Å²) in [6.07, 6.45) is 4.53. The van der Waals surface area contributed by atoms with Gasteiger partial charge in [0.2, 0.25) is 10.0 Å². The standard InChI is InChI=1S/C20H24N4O2S/c1-3-5-15-7-9-17(10-8-15)27(25,26)24-13-11-16(14-24)19-22-18-6-4-12-21-20(18)23(19)2/h4,6-10,12,16H,3,5,11,13-14H2,1-2H3/t16-/m1/s1. The monoisotopic (exact) mass is 384 g/mol. The molecule has 6 nitrogen and oxygen atoms in total. The van der Waals surface area contributed by atoms with E-state index in [4.69, 9.17) is 4.98 Å². The minimum atomic E-state index is -3.47. The zero-order chi connectivity index (χ0) is 19.0. The van der Waals surface area contributed by atoms with E-state index in [0.29, 0.717) is 18.0 Å². The zero-order valence-corrected chi connectivity index (χ0v) is 16.5. The Bertz CT molecular complexity index is 1060. The number of pyridine rings is 1. The number of rotatable bonds is 5. The number of hydrogen-bond acceptors (Lipinski definition) is 4. The third-order valence-electron chi connectivity index (χ3n) is 5.28. The van der Waals surface area contributed by atoms with Crippen molar-refractivity contribution in [1.82, 2.24) is 18.8 Å². The van der Waals surface area contributed by atoms with E-state index in [1.165, 1.54) is 5.56 Å². The van der Waals surface area contributed by atoms with Crippen molar-refractivity contribution in [2.75, 3.05) is 13.1 Å². The van der Waals surface area contributed by atoms with E-state index >= 15 is 0 Å². The second-order valence-electron chi connectivity index (χ2n) is 7.12. The number of hydrogen-bond donors (Lipinski definition) is 0. The largest absolute Gasteiger partial charge is 0.316 e. The summed E-state index contributed by atoms with van der Waals surface area (Å²) in [7, 11) is -1.53. The van der Waals surface area contributed by atoms with Gasteiger partial charge in [-0.1, -0.05) is 25.5 Å². The van der Waals surface area contributed by atoms with Gasteiger partial charge in [-0.3, -0.25) is 0 Å². The van der Waals surface area contributed by atoms with Gasteiger partial charge in [0.1, 0.15) is 11.3 Å². The number of aryl methyl sites for hydroxylation is 2. The van der Waals surface area contributed by atoms with E-state index in [-0.39, 0.29) is 5.92 Å². The highest BCUT2D eigenvalue weighted by atomic mass is 32.2. The van der Waals surface area contributed by atoms with Crippen LogP contribution >= 0.6 is 0 Å². The molecule has 1 aliphatic rings. The van der Waals surface area contributed by atoms with E-state index in [1.807, 2.05) is 35.9 Å². The summed E-state index contributed by atoms with van der Waals surface area (Å²) < 4.78 is 29.6. The third kappa shape index (κ3) is 3.26. The normalized spacial score (nSPS) is 18.4. The van der Waals surface area contributed by atoms with E-state index in [1.54, 1.807) is 22.6 Å². The smallest absolute Gasteiger partial charge is 0.243 e. The molecule has 0 N–H and O–H groups in total. The molecule has 0 spiro atoms. The van der Waals surface area contributed by atoms with Crippen LogP contribution < -0.4 is 0 Å². The van der Waals surface area contributed by atoms with Crippen molar-refractivity contribution in [3.63, 3.8) is 0 Å². The van der Waals surface area contributed by atoms with Crippen LogP contribution in [0.3, 0.4) is 0 Å². The van der Waals surface area contributed by atoms with Crippen LogP contribution in [0.4, 0.5) is 0 Å². The first kappa shape index (κ1) is 18.1. The maximum absolute atomic E-state index is 13.0. The van der Waals surface area contributed by atoms with Gasteiger partial charge < -0.3 is 4.57 Å². The Morgan fingerprint density at radius 2 is 1.96 bits per heavy atom. The van der Waals surface area contributed by atoms with Crippen LogP contribution in [-0.4, -0.2) is 40.3 Å². The third-order valence-corrected chi connectivity index (χ3v) is 7.16. The lowest BCUT2D eigenvalue weighted by Gasteiger charge is -2.17. The molecule has 3 heterocycles. The first-order chi connectivity index (χ1) is 13.0. The van der Waals surface area contributed by atoms with Crippen LogP contribution in [0.15, 0.2) is 47.5 Å². The second-order valence-corrected chi connectivity index (χ2v) is 9.06. The highest BCUT2D eigenvalue weighted by Gasteiger charge is 2.35. The molecule has 2 aromatic heterocycles. The van der Waals surface area contributed by atoms with Crippen LogP contribution in [0.5, 0.6) is 0 Å². The van der Waals surface area contributed by atoms with Crippen molar-refractivity contribution in [3.05, 3.63) is 54.0 Å². The van der Waals surface area contributed by atoms with Crippen LogP contribution in [0.25, 0.3) is 11.2 Å². The molecule has 27 heavy (non-hydrogen) atoms. The van der Waals surface area contributed by atoms with E-state index in [9.17, 15) is 8.42 Å². The number of fused-ring (bicyclic) bond motifs is 1. The second kappa shape index (κ2) is 7.05. The fraction of sp³-hybridized carbons (Fsp3) is 0.400. The molecule has 0 bridgehead atoms. The van der Waals surface area contributed by atoms with Gasteiger partial charge in [-0.2, -0.15) is 4.31 Å². The summed E-state index contributed by atoms with van der Waals surface area (Å²) >= 11 is 0. The van der Waals surface area contributed by atoms with E-state index in [0.717, 1.165) is 36.3 Å². The molecule has 0 amide bonds. The first-order valence-electron chi connectivity index (χ1n) is 9.37. The molecule has 1 atom stereocenters. The van der Waals surface area contributed by atoms with Crippen LogP contribution in [0, 0.1) is 0 Å². The Kier molecular flexibility index (Phi) is 4.74. The van der Waals surface area contributed by atoms with E-state index < -0.39 is 10.0 Å². The molecule has 0 radical (unpaired) electrons. The van der Waals surface area contributed by atoms with Crippen molar-refractivity contribution in [3.8, 4) is 0 Å². The molecule has 0 unspecified atom stereocenters. The van der Waals surface area contributed by atoms with Crippen molar-refractivity contribution < 1.29 is 8.42 Å². The Morgan fingerprint density at radius 1 is 1.19 bits per heavy atom. The predicted molar refractivity (Wildman–Crippen MR) is 105 cm³/mol. The lowest BCUT2D eigenvalue weighted by atomic mass is 10.1. The summed E-state index contributed by atoms with van der Waals surface area (Å²) in [5.41, 5.74) is 2.85. The van der Waals surface area contributed by atoms with Crippen molar-refractivity contribution in [1.29, 1.82) is 0 Å². The average Bonchev–Trinajstić information content (AvgIpc) is 3.28. The summed E-state index contributed by atoms with van der Waals surface area (Å²) in [4.78, 5) is 9.44. The average molecular weight is 385 g/mol. The molecule has 1 aromatic carbocycles. The van der Waals surface area contributed by atoms with Gasteiger partial charge in [-0.25, -0.2) is 18.4 Å². The highest BCUT2D eigenvalue weighted by Crippen LogP contribution is 2.31.